The molecule has 0 aliphatic heterocycles. The Bertz CT molecular complexity index is 545. The van der Waals surface area contributed by atoms with E-state index in [9.17, 15) is 0 Å². The molecule has 0 saturated heterocycles. The fourth-order valence-electron chi connectivity index (χ4n) is 1.35. The van der Waals surface area contributed by atoms with Crippen LogP contribution in [0.25, 0.3) is 0 Å². The van der Waals surface area contributed by atoms with Crippen molar-refractivity contribution >= 4 is 28.7 Å². The number of nitrogens with zero attached hydrogens (tertiary/aromatic N) is 4. The molecule has 0 aromatic carbocycles. The molecule has 94 valence electrons. The predicted molar refractivity (Wildman–Crippen MR) is 73.8 cm³/mol. The molecule has 0 saturated carbocycles. The van der Waals surface area contributed by atoms with Gasteiger partial charge in [-0.2, -0.15) is 5.10 Å². The van der Waals surface area contributed by atoms with Crippen molar-refractivity contribution in [3.05, 3.63) is 30.5 Å². The van der Waals surface area contributed by atoms with Crippen LogP contribution in [-0.4, -0.2) is 24.7 Å². The maximum absolute atomic E-state index is 5.45. The van der Waals surface area contributed by atoms with Crippen LogP contribution in [0.3, 0.4) is 0 Å². The standard InChI is InChI=1S/C11H14N6S/c1-7(2)17-6-8(3-15-17)16-10-5-13-9(4-14-10)11(12)18/h3-7H,1-2H3,(H2,12,18)(H,14,16). The summed E-state index contributed by atoms with van der Waals surface area (Å²) < 4.78 is 1.86. The predicted octanol–water partition coefficient (Wildman–Crippen LogP) is 1.63. The Balaban J connectivity index is 2.10. The number of nitrogens with one attached hydrogen (secondary N) is 1. The van der Waals surface area contributed by atoms with Crippen molar-refractivity contribution in [3.8, 4) is 0 Å². The summed E-state index contributed by atoms with van der Waals surface area (Å²) in [6, 6.07) is 0.323. The zero-order chi connectivity index (χ0) is 13.1. The normalized spacial score (nSPS) is 10.6. The SMILES string of the molecule is CC(C)n1cc(Nc2cnc(C(N)=S)cn2)cn1. The lowest BCUT2D eigenvalue weighted by Crippen LogP contribution is -2.12. The second-order valence-corrected chi connectivity index (χ2v) is 4.52. The van der Waals surface area contributed by atoms with E-state index in [-0.39, 0.29) is 4.99 Å². The van der Waals surface area contributed by atoms with Crippen molar-refractivity contribution in [2.75, 3.05) is 5.32 Å². The highest BCUT2D eigenvalue weighted by atomic mass is 32.1. The number of aromatic nitrogens is 4. The van der Waals surface area contributed by atoms with Gasteiger partial charge in [0.2, 0.25) is 0 Å². The van der Waals surface area contributed by atoms with Crippen LogP contribution in [0.1, 0.15) is 25.6 Å². The average molecular weight is 262 g/mol. The molecule has 0 fully saturated rings. The summed E-state index contributed by atoms with van der Waals surface area (Å²) in [5, 5.41) is 7.33. The van der Waals surface area contributed by atoms with Crippen LogP contribution < -0.4 is 11.1 Å². The van der Waals surface area contributed by atoms with Crippen molar-refractivity contribution in [1.29, 1.82) is 0 Å². The highest BCUT2D eigenvalue weighted by Crippen LogP contribution is 2.14. The quantitative estimate of drug-likeness (QED) is 0.815. The van der Waals surface area contributed by atoms with Gasteiger partial charge in [0.15, 0.2) is 0 Å². The Kier molecular flexibility index (Phi) is 3.52. The zero-order valence-corrected chi connectivity index (χ0v) is 11.0. The molecule has 6 nitrogen and oxygen atoms in total. The van der Waals surface area contributed by atoms with Crippen molar-refractivity contribution in [3.63, 3.8) is 0 Å². The first kappa shape index (κ1) is 12.4. The largest absolute Gasteiger partial charge is 0.388 e. The topological polar surface area (TPSA) is 81.7 Å². The minimum atomic E-state index is 0.238. The van der Waals surface area contributed by atoms with Crippen molar-refractivity contribution < 1.29 is 0 Å². The molecule has 2 heterocycles. The van der Waals surface area contributed by atoms with Crippen LogP contribution in [0.4, 0.5) is 11.5 Å². The summed E-state index contributed by atoms with van der Waals surface area (Å²) in [6.07, 6.45) is 6.77. The van der Waals surface area contributed by atoms with Crippen LogP contribution in [0.2, 0.25) is 0 Å². The minimum Gasteiger partial charge on any atom is -0.388 e. The van der Waals surface area contributed by atoms with E-state index >= 15 is 0 Å². The van der Waals surface area contributed by atoms with E-state index in [0.29, 0.717) is 17.6 Å². The Hall–Kier alpha value is -2.02. The molecule has 7 heteroatoms. The average Bonchev–Trinajstić information content (AvgIpc) is 2.78. The van der Waals surface area contributed by atoms with E-state index in [1.807, 2.05) is 10.9 Å². The molecule has 0 radical (unpaired) electrons. The van der Waals surface area contributed by atoms with Gasteiger partial charge in [0, 0.05) is 12.2 Å². The molecule has 0 amide bonds. The molecule has 0 aliphatic rings. The summed E-state index contributed by atoms with van der Waals surface area (Å²) >= 11 is 4.81. The number of thiocarbonyl (C=S) groups is 1. The Morgan fingerprint density at radius 2 is 2.11 bits per heavy atom. The first-order valence-electron chi connectivity index (χ1n) is 5.49. The number of nitrogens with two attached hydrogens (primary N) is 1. The van der Waals surface area contributed by atoms with Gasteiger partial charge in [0.05, 0.1) is 24.3 Å². The van der Waals surface area contributed by atoms with Gasteiger partial charge >= 0.3 is 0 Å². The maximum Gasteiger partial charge on any atom is 0.148 e. The lowest BCUT2D eigenvalue weighted by atomic mass is 10.4. The fourth-order valence-corrected chi connectivity index (χ4v) is 1.46. The van der Waals surface area contributed by atoms with Crippen molar-refractivity contribution in [2.24, 2.45) is 5.73 Å². The molecule has 2 aromatic heterocycles. The number of hydrogen-bond donors (Lipinski definition) is 2. The number of hydrogen-bond acceptors (Lipinski definition) is 5. The molecule has 0 atom stereocenters. The highest BCUT2D eigenvalue weighted by molar-refractivity contribution is 7.80. The molecular weight excluding hydrogens is 248 g/mol. The zero-order valence-electron chi connectivity index (χ0n) is 10.2. The summed E-state index contributed by atoms with van der Waals surface area (Å²) in [5.74, 6) is 0.623. The molecule has 0 aliphatic carbocycles. The van der Waals surface area contributed by atoms with E-state index in [0.717, 1.165) is 5.69 Å². The molecule has 0 bridgehead atoms. The molecule has 18 heavy (non-hydrogen) atoms. The van der Waals surface area contributed by atoms with E-state index in [1.165, 1.54) is 6.20 Å². The lowest BCUT2D eigenvalue weighted by Gasteiger charge is -2.04. The third-order valence-electron chi connectivity index (χ3n) is 2.31. The smallest absolute Gasteiger partial charge is 0.148 e. The van der Waals surface area contributed by atoms with Crippen LogP contribution >= 0.6 is 12.2 Å². The van der Waals surface area contributed by atoms with E-state index in [2.05, 4.69) is 34.2 Å². The minimum absolute atomic E-state index is 0.238. The van der Waals surface area contributed by atoms with Gasteiger partial charge in [-0.15, -0.1) is 0 Å². The van der Waals surface area contributed by atoms with E-state index in [1.54, 1.807) is 12.4 Å². The van der Waals surface area contributed by atoms with Gasteiger partial charge in [-0.05, 0) is 13.8 Å². The number of rotatable bonds is 4. The summed E-state index contributed by atoms with van der Waals surface area (Å²) in [7, 11) is 0. The third-order valence-corrected chi connectivity index (χ3v) is 2.52. The van der Waals surface area contributed by atoms with Crippen LogP contribution in [0.15, 0.2) is 24.8 Å². The van der Waals surface area contributed by atoms with Crippen LogP contribution in [-0.2, 0) is 0 Å². The van der Waals surface area contributed by atoms with Gasteiger partial charge in [-0.3, -0.25) is 4.68 Å². The van der Waals surface area contributed by atoms with Gasteiger partial charge in [-0.25, -0.2) is 9.97 Å². The first-order valence-corrected chi connectivity index (χ1v) is 5.90. The van der Waals surface area contributed by atoms with E-state index in [4.69, 9.17) is 18.0 Å². The molecule has 2 rings (SSSR count). The summed E-state index contributed by atoms with van der Waals surface area (Å²) in [4.78, 5) is 8.51. The maximum atomic E-state index is 5.45. The van der Waals surface area contributed by atoms with E-state index < -0.39 is 0 Å². The summed E-state index contributed by atoms with van der Waals surface area (Å²) in [6.45, 7) is 4.13. The van der Waals surface area contributed by atoms with Gasteiger partial charge in [0.25, 0.3) is 0 Å². The third kappa shape index (κ3) is 2.80. The molecule has 0 unspecified atom stereocenters. The second kappa shape index (κ2) is 5.09. The number of anilines is 2. The molecule has 2 aromatic rings. The molecular formula is C11H14N6S. The molecule has 0 spiro atoms. The van der Waals surface area contributed by atoms with Gasteiger partial charge in [-0.1, -0.05) is 12.2 Å². The lowest BCUT2D eigenvalue weighted by molar-refractivity contribution is 0.532. The monoisotopic (exact) mass is 262 g/mol. The second-order valence-electron chi connectivity index (χ2n) is 4.08. The first-order chi connectivity index (χ1) is 8.56. The fraction of sp³-hybridized carbons (Fsp3) is 0.273. The van der Waals surface area contributed by atoms with Crippen molar-refractivity contribution in [2.45, 2.75) is 19.9 Å². The molecule has 3 N–H and O–H groups in total. The Labute approximate surface area is 110 Å². The Morgan fingerprint density at radius 1 is 1.33 bits per heavy atom. The van der Waals surface area contributed by atoms with Crippen LogP contribution in [0.5, 0.6) is 0 Å². The van der Waals surface area contributed by atoms with Crippen LogP contribution in [0, 0.1) is 0 Å². The van der Waals surface area contributed by atoms with Gasteiger partial charge in [0.1, 0.15) is 16.5 Å². The summed E-state index contributed by atoms with van der Waals surface area (Å²) in [5.41, 5.74) is 6.82. The highest BCUT2D eigenvalue weighted by Gasteiger charge is 2.04. The van der Waals surface area contributed by atoms with Gasteiger partial charge < -0.3 is 11.1 Å². The Morgan fingerprint density at radius 3 is 2.61 bits per heavy atom. The van der Waals surface area contributed by atoms with Crippen molar-refractivity contribution in [1.82, 2.24) is 19.7 Å².